The number of nitrogens with zero attached hydrogens (tertiary/aromatic N) is 3. The molecule has 0 spiro atoms. The SMILES string of the molecule is CCCC(=O)N[C@H]1CCCN(c2ccc(OCC)nn2)C1. The molecule has 1 atom stereocenters. The molecule has 1 aliphatic rings. The second kappa shape index (κ2) is 7.81. The Bertz CT molecular complexity index is 449. The maximum absolute atomic E-state index is 11.7. The van der Waals surface area contributed by atoms with Crippen LogP contribution in [0, 0.1) is 0 Å². The topological polar surface area (TPSA) is 67.4 Å². The number of anilines is 1. The van der Waals surface area contributed by atoms with Gasteiger partial charge in [-0.25, -0.2) is 0 Å². The van der Waals surface area contributed by atoms with Gasteiger partial charge < -0.3 is 15.0 Å². The van der Waals surface area contributed by atoms with Crippen molar-refractivity contribution in [2.45, 2.75) is 45.6 Å². The van der Waals surface area contributed by atoms with Gasteiger partial charge in [-0.2, -0.15) is 0 Å². The van der Waals surface area contributed by atoms with Gasteiger partial charge in [0.2, 0.25) is 11.8 Å². The summed E-state index contributed by atoms with van der Waals surface area (Å²) >= 11 is 0. The minimum Gasteiger partial charge on any atom is -0.477 e. The molecule has 0 aromatic carbocycles. The Morgan fingerprint density at radius 2 is 2.29 bits per heavy atom. The largest absolute Gasteiger partial charge is 0.477 e. The van der Waals surface area contributed by atoms with E-state index in [-0.39, 0.29) is 11.9 Å². The molecular weight excluding hydrogens is 268 g/mol. The Morgan fingerprint density at radius 1 is 1.43 bits per heavy atom. The molecule has 1 aromatic rings. The number of ether oxygens (including phenoxy) is 1. The normalized spacial score (nSPS) is 18.4. The summed E-state index contributed by atoms with van der Waals surface area (Å²) in [7, 11) is 0. The first-order chi connectivity index (χ1) is 10.2. The van der Waals surface area contributed by atoms with Gasteiger partial charge in [0, 0.05) is 31.6 Å². The van der Waals surface area contributed by atoms with Crippen molar-refractivity contribution in [2.75, 3.05) is 24.6 Å². The van der Waals surface area contributed by atoms with E-state index in [1.54, 1.807) is 0 Å². The highest BCUT2D eigenvalue weighted by Gasteiger charge is 2.22. The zero-order valence-corrected chi connectivity index (χ0v) is 12.8. The van der Waals surface area contributed by atoms with E-state index in [1.165, 1.54) is 0 Å². The molecule has 0 unspecified atom stereocenters. The first kappa shape index (κ1) is 15.5. The molecule has 116 valence electrons. The highest BCUT2D eigenvalue weighted by Crippen LogP contribution is 2.18. The minimum atomic E-state index is 0.141. The number of nitrogens with one attached hydrogen (secondary N) is 1. The third-order valence-corrected chi connectivity index (χ3v) is 3.51. The first-order valence-electron chi connectivity index (χ1n) is 7.73. The summed E-state index contributed by atoms with van der Waals surface area (Å²) < 4.78 is 5.30. The lowest BCUT2D eigenvalue weighted by atomic mass is 10.1. The predicted molar refractivity (Wildman–Crippen MR) is 81.5 cm³/mol. The molecule has 2 rings (SSSR count). The van der Waals surface area contributed by atoms with Crippen LogP contribution >= 0.6 is 0 Å². The molecule has 1 saturated heterocycles. The fourth-order valence-corrected chi connectivity index (χ4v) is 2.54. The zero-order valence-electron chi connectivity index (χ0n) is 12.8. The van der Waals surface area contributed by atoms with Crippen LogP contribution in [0.5, 0.6) is 5.88 Å². The fourth-order valence-electron chi connectivity index (χ4n) is 2.54. The molecule has 0 aliphatic carbocycles. The number of piperidine rings is 1. The van der Waals surface area contributed by atoms with Gasteiger partial charge in [-0.3, -0.25) is 4.79 Å². The van der Waals surface area contributed by atoms with Crippen LogP contribution in [0.3, 0.4) is 0 Å². The van der Waals surface area contributed by atoms with Crippen molar-refractivity contribution in [1.29, 1.82) is 0 Å². The summed E-state index contributed by atoms with van der Waals surface area (Å²) in [6.07, 6.45) is 3.55. The first-order valence-corrected chi connectivity index (χ1v) is 7.73. The monoisotopic (exact) mass is 292 g/mol. The Hall–Kier alpha value is -1.85. The van der Waals surface area contributed by atoms with Crippen molar-refractivity contribution in [3.05, 3.63) is 12.1 Å². The van der Waals surface area contributed by atoms with Crippen LogP contribution in [0.2, 0.25) is 0 Å². The van der Waals surface area contributed by atoms with Crippen molar-refractivity contribution in [3.8, 4) is 5.88 Å². The van der Waals surface area contributed by atoms with Gasteiger partial charge >= 0.3 is 0 Å². The lowest BCUT2D eigenvalue weighted by molar-refractivity contribution is -0.121. The highest BCUT2D eigenvalue weighted by molar-refractivity contribution is 5.76. The molecule has 1 aromatic heterocycles. The van der Waals surface area contributed by atoms with Gasteiger partial charge in [-0.05, 0) is 32.3 Å². The molecule has 1 fully saturated rings. The third-order valence-electron chi connectivity index (χ3n) is 3.51. The maximum atomic E-state index is 11.7. The van der Waals surface area contributed by atoms with Gasteiger partial charge in [-0.1, -0.05) is 6.92 Å². The van der Waals surface area contributed by atoms with Crippen molar-refractivity contribution < 1.29 is 9.53 Å². The highest BCUT2D eigenvalue weighted by atomic mass is 16.5. The van der Waals surface area contributed by atoms with Crippen LogP contribution < -0.4 is 15.0 Å². The Balaban J connectivity index is 1.92. The van der Waals surface area contributed by atoms with Crippen LogP contribution in [0.1, 0.15) is 39.5 Å². The lowest BCUT2D eigenvalue weighted by Gasteiger charge is -2.33. The molecule has 6 nitrogen and oxygen atoms in total. The van der Waals surface area contributed by atoms with Crippen LogP contribution in [-0.4, -0.2) is 41.8 Å². The average Bonchev–Trinajstić information content (AvgIpc) is 2.49. The van der Waals surface area contributed by atoms with Gasteiger partial charge in [0.1, 0.15) is 0 Å². The molecule has 1 N–H and O–H groups in total. The fraction of sp³-hybridized carbons (Fsp3) is 0.667. The zero-order chi connectivity index (χ0) is 15.1. The van der Waals surface area contributed by atoms with Crippen LogP contribution in [0.4, 0.5) is 5.82 Å². The smallest absolute Gasteiger partial charge is 0.233 e. The number of carbonyl (C=O) groups excluding carboxylic acids is 1. The van der Waals surface area contributed by atoms with Crippen molar-refractivity contribution in [2.24, 2.45) is 0 Å². The van der Waals surface area contributed by atoms with Gasteiger partial charge in [0.05, 0.1) is 6.61 Å². The Labute approximate surface area is 125 Å². The third kappa shape index (κ3) is 4.58. The Morgan fingerprint density at radius 3 is 2.95 bits per heavy atom. The van der Waals surface area contributed by atoms with E-state index < -0.39 is 0 Å². The summed E-state index contributed by atoms with van der Waals surface area (Å²) in [5.41, 5.74) is 0. The number of hydrogen-bond donors (Lipinski definition) is 1. The van der Waals surface area contributed by atoms with Crippen LogP contribution in [0.25, 0.3) is 0 Å². The van der Waals surface area contributed by atoms with E-state index in [0.717, 1.165) is 38.2 Å². The number of carbonyl (C=O) groups is 1. The van der Waals surface area contributed by atoms with E-state index in [0.29, 0.717) is 18.9 Å². The van der Waals surface area contributed by atoms with Gasteiger partial charge in [0.25, 0.3) is 0 Å². The van der Waals surface area contributed by atoms with E-state index in [2.05, 4.69) is 20.4 Å². The second-order valence-electron chi connectivity index (χ2n) is 5.27. The summed E-state index contributed by atoms with van der Waals surface area (Å²) in [5.74, 6) is 1.53. The summed E-state index contributed by atoms with van der Waals surface area (Å²) in [6.45, 7) is 6.26. The van der Waals surface area contributed by atoms with E-state index in [4.69, 9.17) is 4.74 Å². The summed E-state index contributed by atoms with van der Waals surface area (Å²) in [4.78, 5) is 13.9. The van der Waals surface area contributed by atoms with Crippen molar-refractivity contribution >= 4 is 11.7 Å². The standard InChI is InChI=1S/C15H24N4O2/c1-3-6-14(20)16-12-7-5-10-19(11-12)13-8-9-15(18-17-13)21-4-2/h8-9,12H,3-7,10-11H2,1-2H3,(H,16,20)/t12-/m0/s1. The molecule has 2 heterocycles. The number of hydrogen-bond acceptors (Lipinski definition) is 5. The van der Waals surface area contributed by atoms with Gasteiger partial charge in [-0.15, -0.1) is 10.2 Å². The predicted octanol–water partition coefficient (Wildman–Crippen LogP) is 1.76. The van der Waals surface area contributed by atoms with Crippen LogP contribution in [-0.2, 0) is 4.79 Å². The van der Waals surface area contributed by atoms with Crippen LogP contribution in [0.15, 0.2) is 12.1 Å². The number of amides is 1. The quantitative estimate of drug-likeness (QED) is 0.865. The number of rotatable bonds is 6. The molecule has 0 saturated carbocycles. The second-order valence-corrected chi connectivity index (χ2v) is 5.27. The molecular formula is C15H24N4O2. The molecule has 6 heteroatoms. The summed E-state index contributed by atoms with van der Waals surface area (Å²) in [6, 6.07) is 3.96. The minimum absolute atomic E-state index is 0.141. The van der Waals surface area contributed by atoms with Crippen molar-refractivity contribution in [1.82, 2.24) is 15.5 Å². The molecule has 0 radical (unpaired) electrons. The molecule has 1 amide bonds. The van der Waals surface area contributed by atoms with Gasteiger partial charge in [0.15, 0.2) is 5.82 Å². The maximum Gasteiger partial charge on any atom is 0.233 e. The Kier molecular flexibility index (Phi) is 5.78. The molecule has 0 bridgehead atoms. The number of aromatic nitrogens is 2. The van der Waals surface area contributed by atoms with E-state index >= 15 is 0 Å². The molecule has 1 aliphatic heterocycles. The average molecular weight is 292 g/mol. The van der Waals surface area contributed by atoms with Crippen molar-refractivity contribution in [3.63, 3.8) is 0 Å². The van der Waals surface area contributed by atoms with E-state index in [1.807, 2.05) is 26.0 Å². The molecule has 21 heavy (non-hydrogen) atoms. The summed E-state index contributed by atoms with van der Waals surface area (Å²) in [5, 5.41) is 11.4. The van der Waals surface area contributed by atoms with E-state index in [9.17, 15) is 4.79 Å². The lowest BCUT2D eigenvalue weighted by Crippen LogP contribution is -2.48.